The first-order valence-electron chi connectivity index (χ1n) is 15.0. The van der Waals surface area contributed by atoms with E-state index in [1.807, 2.05) is 12.1 Å². The SMILES string of the molecule is O=C(/C=C/c1ccc(CN2CCC(CNC(=C3CCCCC3)C(OC3CCCC3)=C3CC3)CC2)cc1)NO. The number of hydrogen-bond acceptors (Lipinski definition) is 5. The minimum absolute atomic E-state index is 0.424. The van der Waals surface area contributed by atoms with Gasteiger partial charge in [-0.1, -0.05) is 30.7 Å². The monoisotopic (exact) mass is 519 g/mol. The highest BCUT2D eigenvalue weighted by Gasteiger charge is 2.29. The maximum absolute atomic E-state index is 11.2. The molecule has 206 valence electrons. The second kappa shape index (κ2) is 13.5. The Morgan fingerprint density at radius 2 is 1.63 bits per heavy atom. The van der Waals surface area contributed by atoms with Gasteiger partial charge in [0.25, 0.3) is 5.91 Å². The van der Waals surface area contributed by atoms with Crippen molar-refractivity contribution in [2.24, 2.45) is 5.92 Å². The van der Waals surface area contributed by atoms with Gasteiger partial charge in [0.05, 0.1) is 11.8 Å². The number of carbonyl (C=O) groups excluding carboxylic acids is 1. The molecular formula is C32H45N3O3. The normalized spacial score (nSPS) is 21.1. The van der Waals surface area contributed by atoms with Crippen molar-refractivity contribution < 1.29 is 14.7 Å². The Balaban J connectivity index is 1.13. The van der Waals surface area contributed by atoms with Crippen LogP contribution in [0, 0.1) is 5.92 Å². The van der Waals surface area contributed by atoms with Crippen LogP contribution in [0.2, 0.25) is 0 Å². The molecule has 1 heterocycles. The topological polar surface area (TPSA) is 73.8 Å². The number of rotatable bonds is 10. The van der Waals surface area contributed by atoms with Crippen LogP contribution in [0.25, 0.3) is 6.08 Å². The van der Waals surface area contributed by atoms with E-state index in [1.165, 1.54) is 107 Å². The van der Waals surface area contributed by atoms with Gasteiger partial charge in [-0.05, 0) is 124 Å². The minimum Gasteiger partial charge on any atom is -0.488 e. The molecule has 0 bridgehead atoms. The summed E-state index contributed by atoms with van der Waals surface area (Å²) in [5.74, 6) is 1.43. The molecule has 0 unspecified atom stereocenters. The fourth-order valence-corrected chi connectivity index (χ4v) is 6.17. The Hall–Kier alpha value is -2.57. The van der Waals surface area contributed by atoms with Gasteiger partial charge in [0.1, 0.15) is 5.76 Å². The molecule has 1 aromatic rings. The molecule has 4 fully saturated rings. The van der Waals surface area contributed by atoms with E-state index >= 15 is 0 Å². The molecule has 1 aliphatic heterocycles. The molecule has 3 saturated carbocycles. The van der Waals surface area contributed by atoms with Crippen LogP contribution in [0.4, 0.5) is 0 Å². The third-order valence-corrected chi connectivity index (χ3v) is 8.64. The maximum Gasteiger partial charge on any atom is 0.267 e. The number of hydrogen-bond donors (Lipinski definition) is 3. The summed E-state index contributed by atoms with van der Waals surface area (Å²) in [6.45, 7) is 4.27. The van der Waals surface area contributed by atoms with Gasteiger partial charge in [0, 0.05) is 19.2 Å². The van der Waals surface area contributed by atoms with Crippen molar-refractivity contribution in [1.82, 2.24) is 15.7 Å². The predicted octanol–water partition coefficient (Wildman–Crippen LogP) is 6.23. The summed E-state index contributed by atoms with van der Waals surface area (Å²) in [6, 6.07) is 8.30. The van der Waals surface area contributed by atoms with Gasteiger partial charge in [-0.2, -0.15) is 0 Å². The summed E-state index contributed by atoms with van der Waals surface area (Å²) in [7, 11) is 0. The van der Waals surface area contributed by atoms with Crippen molar-refractivity contribution in [3.05, 3.63) is 64.1 Å². The lowest BCUT2D eigenvalue weighted by atomic mass is 9.91. The van der Waals surface area contributed by atoms with Crippen LogP contribution in [-0.4, -0.2) is 41.8 Å². The first kappa shape index (κ1) is 27.0. The molecule has 6 heteroatoms. The molecule has 1 amide bonds. The van der Waals surface area contributed by atoms with Gasteiger partial charge < -0.3 is 10.1 Å². The van der Waals surface area contributed by atoms with Crippen LogP contribution in [0.3, 0.4) is 0 Å². The molecule has 1 aromatic carbocycles. The van der Waals surface area contributed by atoms with E-state index in [2.05, 4.69) is 22.3 Å². The van der Waals surface area contributed by atoms with Crippen molar-refractivity contribution >= 4 is 12.0 Å². The van der Waals surface area contributed by atoms with E-state index in [4.69, 9.17) is 9.94 Å². The lowest BCUT2D eigenvalue weighted by molar-refractivity contribution is -0.124. The highest BCUT2D eigenvalue weighted by molar-refractivity contribution is 5.90. The zero-order chi connectivity index (χ0) is 26.2. The number of benzene rings is 1. The Morgan fingerprint density at radius 1 is 0.921 bits per heavy atom. The quantitative estimate of drug-likeness (QED) is 0.148. The van der Waals surface area contributed by atoms with Crippen LogP contribution < -0.4 is 10.8 Å². The van der Waals surface area contributed by atoms with E-state index in [-0.39, 0.29) is 0 Å². The Labute approximate surface area is 228 Å². The standard InChI is InChI=1S/C32H45N3O3/c36-30(34-37)17-14-24-10-12-26(13-11-24)23-35-20-18-25(19-21-35)22-33-31(27-6-2-1-3-7-27)32(28-15-16-28)38-29-8-4-5-9-29/h10-14,17,25,29,33,37H,1-9,15-16,18-23H2,(H,34,36)/b17-14+. The molecule has 6 nitrogen and oxygen atoms in total. The fraction of sp³-hybridized carbons (Fsp3) is 0.594. The van der Waals surface area contributed by atoms with Crippen LogP contribution in [-0.2, 0) is 16.1 Å². The first-order valence-corrected chi connectivity index (χ1v) is 15.0. The van der Waals surface area contributed by atoms with Gasteiger partial charge >= 0.3 is 0 Å². The number of likely N-dealkylation sites (tertiary alicyclic amines) is 1. The van der Waals surface area contributed by atoms with Crippen molar-refractivity contribution in [2.45, 2.75) is 96.1 Å². The zero-order valence-electron chi connectivity index (χ0n) is 22.9. The van der Waals surface area contributed by atoms with Gasteiger partial charge in [-0.25, -0.2) is 5.48 Å². The number of allylic oxidation sites excluding steroid dienone is 2. The number of piperidine rings is 1. The van der Waals surface area contributed by atoms with Crippen LogP contribution in [0.1, 0.15) is 94.6 Å². The average molecular weight is 520 g/mol. The number of carbonyl (C=O) groups is 1. The molecule has 0 spiro atoms. The lowest BCUT2D eigenvalue weighted by Crippen LogP contribution is -2.37. The number of ether oxygens (including phenoxy) is 1. The third-order valence-electron chi connectivity index (χ3n) is 8.64. The van der Waals surface area contributed by atoms with Crippen molar-refractivity contribution in [1.29, 1.82) is 0 Å². The molecule has 0 aromatic heterocycles. The fourth-order valence-electron chi connectivity index (χ4n) is 6.17. The van der Waals surface area contributed by atoms with Gasteiger partial charge in [0.15, 0.2) is 0 Å². The summed E-state index contributed by atoms with van der Waals surface area (Å²) in [5.41, 5.74) is 8.41. The minimum atomic E-state index is -0.518. The molecule has 3 aliphatic carbocycles. The van der Waals surface area contributed by atoms with Gasteiger partial charge in [0.2, 0.25) is 0 Å². The van der Waals surface area contributed by atoms with Crippen LogP contribution >= 0.6 is 0 Å². The van der Waals surface area contributed by atoms with Crippen LogP contribution in [0.5, 0.6) is 0 Å². The van der Waals surface area contributed by atoms with Gasteiger partial charge in [-0.15, -0.1) is 0 Å². The molecule has 5 rings (SSSR count). The Bertz CT molecular complexity index is 1010. The molecule has 0 radical (unpaired) electrons. The summed E-state index contributed by atoms with van der Waals surface area (Å²) < 4.78 is 6.73. The second-order valence-electron chi connectivity index (χ2n) is 11.6. The Morgan fingerprint density at radius 3 is 2.29 bits per heavy atom. The molecule has 38 heavy (non-hydrogen) atoms. The smallest absolute Gasteiger partial charge is 0.267 e. The number of amides is 1. The first-order chi connectivity index (χ1) is 18.7. The summed E-state index contributed by atoms with van der Waals surface area (Å²) >= 11 is 0. The molecule has 3 N–H and O–H groups in total. The van der Waals surface area contributed by atoms with Crippen molar-refractivity contribution in [3.8, 4) is 0 Å². The largest absolute Gasteiger partial charge is 0.488 e. The van der Waals surface area contributed by atoms with Crippen molar-refractivity contribution in [3.63, 3.8) is 0 Å². The number of hydroxylamine groups is 1. The molecular weight excluding hydrogens is 474 g/mol. The highest BCUT2D eigenvalue weighted by atomic mass is 16.5. The summed E-state index contributed by atoms with van der Waals surface area (Å²) in [6.07, 6.45) is 19.9. The number of nitrogens with zero attached hydrogens (tertiary/aromatic N) is 1. The van der Waals surface area contributed by atoms with Gasteiger partial charge in [-0.3, -0.25) is 14.9 Å². The number of nitrogens with one attached hydrogen (secondary N) is 2. The van der Waals surface area contributed by atoms with E-state index in [1.54, 1.807) is 22.7 Å². The van der Waals surface area contributed by atoms with Crippen LogP contribution in [0.15, 0.2) is 52.9 Å². The zero-order valence-corrected chi connectivity index (χ0v) is 22.9. The summed E-state index contributed by atoms with van der Waals surface area (Å²) in [5, 5.41) is 12.6. The molecule has 1 saturated heterocycles. The maximum atomic E-state index is 11.2. The molecule has 0 atom stereocenters. The summed E-state index contributed by atoms with van der Waals surface area (Å²) in [4.78, 5) is 13.7. The Kier molecular flexibility index (Phi) is 9.58. The second-order valence-corrected chi connectivity index (χ2v) is 11.6. The predicted molar refractivity (Wildman–Crippen MR) is 151 cm³/mol. The molecule has 4 aliphatic rings. The van der Waals surface area contributed by atoms with E-state index in [9.17, 15) is 4.79 Å². The lowest BCUT2D eigenvalue weighted by Gasteiger charge is -2.33. The van der Waals surface area contributed by atoms with E-state index < -0.39 is 5.91 Å². The van der Waals surface area contributed by atoms with E-state index in [0.717, 1.165) is 31.7 Å². The average Bonchev–Trinajstić information content (AvgIpc) is 3.68. The third kappa shape index (κ3) is 7.73. The van der Waals surface area contributed by atoms with E-state index in [0.29, 0.717) is 12.0 Å². The van der Waals surface area contributed by atoms with Crippen molar-refractivity contribution in [2.75, 3.05) is 19.6 Å². The highest BCUT2D eigenvalue weighted by Crippen LogP contribution is 2.40.